The molecule has 2 aromatic heterocycles. The molecule has 2 N–H and O–H groups in total. The van der Waals surface area contributed by atoms with E-state index in [1.165, 1.54) is 12.8 Å². The number of hydrogen-bond acceptors (Lipinski definition) is 3. The minimum atomic E-state index is -0.119. The van der Waals surface area contributed by atoms with Crippen LogP contribution in [0, 0.1) is 5.92 Å². The van der Waals surface area contributed by atoms with Crippen molar-refractivity contribution in [2.24, 2.45) is 5.92 Å². The summed E-state index contributed by atoms with van der Waals surface area (Å²) in [7, 11) is 0. The van der Waals surface area contributed by atoms with Gasteiger partial charge in [0, 0.05) is 31.2 Å². The second-order valence-corrected chi connectivity index (χ2v) is 5.43. The Kier molecular flexibility index (Phi) is 3.85. The molecular formula is C15H19N5O. The Morgan fingerprint density at radius 1 is 1.48 bits per heavy atom. The minimum absolute atomic E-state index is 0.119. The van der Waals surface area contributed by atoms with Gasteiger partial charge in [-0.25, -0.2) is 14.5 Å². The van der Waals surface area contributed by atoms with Crippen LogP contribution in [-0.2, 0) is 6.54 Å². The number of urea groups is 1. The number of pyridine rings is 1. The Bertz CT molecular complexity index is 606. The van der Waals surface area contributed by atoms with Crippen molar-refractivity contribution in [2.45, 2.75) is 32.4 Å². The third-order valence-electron chi connectivity index (χ3n) is 3.69. The predicted molar refractivity (Wildman–Crippen MR) is 78.9 cm³/mol. The van der Waals surface area contributed by atoms with Crippen LogP contribution in [0.2, 0.25) is 0 Å². The second kappa shape index (κ2) is 5.95. The maximum absolute atomic E-state index is 11.8. The molecule has 6 heteroatoms. The summed E-state index contributed by atoms with van der Waals surface area (Å²) >= 11 is 0. The van der Waals surface area contributed by atoms with Crippen molar-refractivity contribution in [1.82, 2.24) is 25.4 Å². The first-order valence-electron chi connectivity index (χ1n) is 7.21. The largest absolute Gasteiger partial charge is 0.335 e. The van der Waals surface area contributed by atoms with Gasteiger partial charge in [-0.05, 0) is 49.4 Å². The Labute approximate surface area is 123 Å². The van der Waals surface area contributed by atoms with Crippen molar-refractivity contribution in [3.8, 4) is 5.82 Å². The summed E-state index contributed by atoms with van der Waals surface area (Å²) in [4.78, 5) is 16.1. The fraction of sp³-hybridized carbons (Fsp3) is 0.400. The molecule has 0 saturated heterocycles. The zero-order valence-corrected chi connectivity index (χ0v) is 12.0. The number of aromatic nitrogens is 3. The molecule has 0 bridgehead atoms. The van der Waals surface area contributed by atoms with Crippen molar-refractivity contribution < 1.29 is 4.79 Å². The number of nitrogens with zero attached hydrogens (tertiary/aromatic N) is 3. The molecule has 2 heterocycles. The molecule has 0 spiro atoms. The van der Waals surface area contributed by atoms with Gasteiger partial charge >= 0.3 is 6.03 Å². The molecule has 2 aromatic rings. The standard InChI is InChI=1S/C15H19N5O/c1-11(13-3-4-13)19-15(21)17-10-12-5-7-16-14(9-12)20-8-2-6-18-20/h2,5-9,11,13H,3-4,10H2,1H3,(H2,17,19,21). The summed E-state index contributed by atoms with van der Waals surface area (Å²) in [6.45, 7) is 2.53. The van der Waals surface area contributed by atoms with Crippen LogP contribution in [0.25, 0.3) is 5.82 Å². The van der Waals surface area contributed by atoms with Gasteiger partial charge in [-0.1, -0.05) is 0 Å². The maximum Gasteiger partial charge on any atom is 0.315 e. The second-order valence-electron chi connectivity index (χ2n) is 5.43. The molecule has 110 valence electrons. The smallest absolute Gasteiger partial charge is 0.315 e. The minimum Gasteiger partial charge on any atom is -0.335 e. The molecule has 0 aliphatic heterocycles. The molecular weight excluding hydrogens is 266 g/mol. The lowest BCUT2D eigenvalue weighted by Crippen LogP contribution is -2.41. The molecule has 1 atom stereocenters. The molecule has 0 radical (unpaired) electrons. The molecule has 6 nitrogen and oxygen atoms in total. The first-order valence-corrected chi connectivity index (χ1v) is 7.21. The lowest BCUT2D eigenvalue weighted by Gasteiger charge is -2.13. The van der Waals surface area contributed by atoms with E-state index in [9.17, 15) is 4.79 Å². The maximum atomic E-state index is 11.8. The van der Waals surface area contributed by atoms with Crippen molar-refractivity contribution in [2.75, 3.05) is 0 Å². The highest BCUT2D eigenvalue weighted by molar-refractivity contribution is 5.74. The molecule has 1 aliphatic carbocycles. The third-order valence-corrected chi connectivity index (χ3v) is 3.69. The summed E-state index contributed by atoms with van der Waals surface area (Å²) in [5.74, 6) is 1.40. The first kappa shape index (κ1) is 13.6. The average Bonchev–Trinajstić information content (AvgIpc) is 3.20. The highest BCUT2D eigenvalue weighted by Crippen LogP contribution is 2.32. The molecule has 2 amide bonds. The Morgan fingerprint density at radius 3 is 3.05 bits per heavy atom. The summed E-state index contributed by atoms with van der Waals surface area (Å²) in [6.07, 6.45) is 7.71. The fourth-order valence-corrected chi connectivity index (χ4v) is 2.25. The number of nitrogens with one attached hydrogen (secondary N) is 2. The lowest BCUT2D eigenvalue weighted by molar-refractivity contribution is 0.236. The van der Waals surface area contributed by atoms with Crippen LogP contribution in [0.4, 0.5) is 4.79 Å². The monoisotopic (exact) mass is 285 g/mol. The SMILES string of the molecule is CC(NC(=O)NCc1ccnc(-n2cccn2)c1)C1CC1. The number of carbonyl (C=O) groups is 1. The van der Waals surface area contributed by atoms with E-state index in [4.69, 9.17) is 0 Å². The van der Waals surface area contributed by atoms with Crippen molar-refractivity contribution in [3.05, 3.63) is 42.4 Å². The summed E-state index contributed by atoms with van der Waals surface area (Å²) < 4.78 is 1.69. The van der Waals surface area contributed by atoms with E-state index in [1.54, 1.807) is 17.1 Å². The predicted octanol–water partition coefficient (Wildman–Crippen LogP) is 1.86. The molecule has 21 heavy (non-hydrogen) atoms. The normalized spacial score (nSPS) is 15.5. The number of amides is 2. The number of carbonyl (C=O) groups excluding carboxylic acids is 1. The molecule has 3 rings (SSSR count). The van der Waals surface area contributed by atoms with E-state index in [0.29, 0.717) is 12.5 Å². The van der Waals surface area contributed by atoms with Gasteiger partial charge in [0.15, 0.2) is 5.82 Å². The van der Waals surface area contributed by atoms with Gasteiger partial charge < -0.3 is 10.6 Å². The fourth-order valence-electron chi connectivity index (χ4n) is 2.25. The van der Waals surface area contributed by atoms with Gasteiger partial charge in [0.1, 0.15) is 0 Å². The van der Waals surface area contributed by atoms with Gasteiger partial charge in [-0.15, -0.1) is 0 Å². The van der Waals surface area contributed by atoms with Gasteiger partial charge in [-0.2, -0.15) is 5.10 Å². The summed E-state index contributed by atoms with van der Waals surface area (Å²) in [6, 6.07) is 5.78. The van der Waals surface area contributed by atoms with Crippen molar-refractivity contribution in [3.63, 3.8) is 0 Å². The zero-order chi connectivity index (χ0) is 14.7. The topological polar surface area (TPSA) is 71.8 Å². The molecule has 1 fully saturated rings. The first-order chi connectivity index (χ1) is 10.2. The molecule has 1 unspecified atom stereocenters. The zero-order valence-electron chi connectivity index (χ0n) is 12.0. The van der Waals surface area contributed by atoms with Crippen LogP contribution in [0.15, 0.2) is 36.8 Å². The van der Waals surface area contributed by atoms with E-state index in [1.807, 2.05) is 24.4 Å². The van der Waals surface area contributed by atoms with Crippen LogP contribution in [0.3, 0.4) is 0 Å². The van der Waals surface area contributed by atoms with Crippen LogP contribution < -0.4 is 10.6 Å². The van der Waals surface area contributed by atoms with Gasteiger partial charge in [0.2, 0.25) is 0 Å². The van der Waals surface area contributed by atoms with Gasteiger partial charge in [-0.3, -0.25) is 0 Å². The Balaban J connectivity index is 1.55. The highest BCUT2D eigenvalue weighted by Gasteiger charge is 2.28. The third kappa shape index (κ3) is 3.59. The highest BCUT2D eigenvalue weighted by atomic mass is 16.2. The summed E-state index contributed by atoms with van der Waals surface area (Å²) in [5, 5.41) is 9.99. The molecule has 0 aromatic carbocycles. The van der Waals surface area contributed by atoms with E-state index >= 15 is 0 Å². The number of hydrogen-bond donors (Lipinski definition) is 2. The van der Waals surface area contributed by atoms with Gasteiger partial charge in [0.25, 0.3) is 0 Å². The van der Waals surface area contributed by atoms with Crippen LogP contribution >= 0.6 is 0 Å². The molecule has 1 saturated carbocycles. The number of rotatable bonds is 5. The van der Waals surface area contributed by atoms with Crippen molar-refractivity contribution in [1.29, 1.82) is 0 Å². The van der Waals surface area contributed by atoms with E-state index in [2.05, 4.69) is 27.6 Å². The summed E-state index contributed by atoms with van der Waals surface area (Å²) in [5.41, 5.74) is 0.990. The van der Waals surface area contributed by atoms with Crippen molar-refractivity contribution >= 4 is 6.03 Å². The molecule has 1 aliphatic rings. The Morgan fingerprint density at radius 2 is 2.33 bits per heavy atom. The quantitative estimate of drug-likeness (QED) is 0.881. The van der Waals surface area contributed by atoms with E-state index in [-0.39, 0.29) is 12.1 Å². The lowest BCUT2D eigenvalue weighted by atomic mass is 10.2. The Hall–Kier alpha value is -2.37. The average molecular weight is 285 g/mol. The van der Waals surface area contributed by atoms with Crippen LogP contribution in [-0.4, -0.2) is 26.8 Å². The van der Waals surface area contributed by atoms with Gasteiger partial charge in [0.05, 0.1) is 0 Å². The van der Waals surface area contributed by atoms with E-state index in [0.717, 1.165) is 11.4 Å². The van der Waals surface area contributed by atoms with Crippen LogP contribution in [0.5, 0.6) is 0 Å². The van der Waals surface area contributed by atoms with Crippen LogP contribution in [0.1, 0.15) is 25.3 Å². The van der Waals surface area contributed by atoms with E-state index < -0.39 is 0 Å².